The van der Waals surface area contributed by atoms with Crippen molar-refractivity contribution in [1.82, 2.24) is 4.98 Å². The highest BCUT2D eigenvalue weighted by molar-refractivity contribution is 5.94. The van der Waals surface area contributed by atoms with Gasteiger partial charge in [-0.05, 0) is 18.2 Å². The number of carboxylic acid groups (broad SMARTS) is 1. The van der Waals surface area contributed by atoms with E-state index in [4.69, 9.17) is 11.5 Å². The van der Waals surface area contributed by atoms with Gasteiger partial charge in [0, 0.05) is 16.5 Å². The first-order valence-corrected chi connectivity index (χ1v) is 4.49. The number of aromatic carboxylic acids is 1. The summed E-state index contributed by atoms with van der Waals surface area (Å²) in [5.74, 6) is 1.17. The summed E-state index contributed by atoms with van der Waals surface area (Å²) in [6, 6.07) is 6.36. The molecule has 0 amide bonds. The van der Waals surface area contributed by atoms with Gasteiger partial charge in [-0.15, -0.1) is 6.42 Å². The van der Waals surface area contributed by atoms with Crippen molar-refractivity contribution in [3.05, 3.63) is 45.7 Å². The molecular weight excluding hydrogens is 206 g/mol. The Kier molecular flexibility index (Phi) is 2.22. The van der Waals surface area contributed by atoms with Crippen LogP contribution in [0.1, 0.15) is 15.9 Å². The second kappa shape index (κ2) is 3.55. The third-order valence-corrected chi connectivity index (χ3v) is 2.27. The summed E-state index contributed by atoms with van der Waals surface area (Å²) >= 11 is 0. The Morgan fingerprint density at radius 3 is 2.81 bits per heavy atom. The number of fused-ring (bicyclic) bond motifs is 1. The first kappa shape index (κ1) is 9.99. The molecule has 1 heterocycles. The molecule has 0 saturated heterocycles. The summed E-state index contributed by atoms with van der Waals surface area (Å²) in [6.07, 6.45) is 5.29. The van der Waals surface area contributed by atoms with Gasteiger partial charge in [0.1, 0.15) is 5.56 Å². The van der Waals surface area contributed by atoms with Gasteiger partial charge in [-0.2, -0.15) is 0 Å². The van der Waals surface area contributed by atoms with Gasteiger partial charge in [-0.3, -0.25) is 4.79 Å². The van der Waals surface area contributed by atoms with E-state index < -0.39 is 11.5 Å². The molecule has 0 spiro atoms. The maximum Gasteiger partial charge on any atom is 0.341 e. The van der Waals surface area contributed by atoms with E-state index in [2.05, 4.69) is 10.9 Å². The fourth-order valence-corrected chi connectivity index (χ4v) is 1.51. The third kappa shape index (κ3) is 1.44. The Balaban J connectivity index is 2.92. The number of carboxylic acids is 1. The van der Waals surface area contributed by atoms with Gasteiger partial charge in [0.15, 0.2) is 0 Å². The SMILES string of the molecule is C#Cc1cccc2[nH]c(=O)c(C(=O)O)cc12. The molecule has 1 aromatic carbocycles. The molecule has 0 aliphatic heterocycles. The van der Waals surface area contributed by atoms with E-state index in [1.54, 1.807) is 18.2 Å². The minimum Gasteiger partial charge on any atom is -0.477 e. The Morgan fingerprint density at radius 1 is 1.44 bits per heavy atom. The summed E-state index contributed by atoms with van der Waals surface area (Å²) in [4.78, 5) is 24.7. The molecule has 2 aromatic rings. The number of aromatic nitrogens is 1. The Labute approximate surface area is 90.5 Å². The minimum atomic E-state index is -1.27. The lowest BCUT2D eigenvalue weighted by Gasteiger charge is -2.01. The van der Waals surface area contributed by atoms with E-state index in [9.17, 15) is 9.59 Å². The lowest BCUT2D eigenvalue weighted by molar-refractivity contribution is 0.0695. The number of nitrogens with one attached hydrogen (secondary N) is 1. The van der Waals surface area contributed by atoms with Crippen LogP contribution in [0.4, 0.5) is 0 Å². The smallest absolute Gasteiger partial charge is 0.341 e. The highest BCUT2D eigenvalue weighted by Gasteiger charge is 2.10. The number of aromatic amines is 1. The summed E-state index contributed by atoms with van der Waals surface area (Å²) < 4.78 is 0. The van der Waals surface area contributed by atoms with Crippen LogP contribution in [0.25, 0.3) is 10.9 Å². The number of rotatable bonds is 1. The van der Waals surface area contributed by atoms with Crippen LogP contribution in [0.5, 0.6) is 0 Å². The second-order valence-electron chi connectivity index (χ2n) is 3.23. The normalized spacial score (nSPS) is 9.94. The maximum atomic E-state index is 11.4. The first-order chi connectivity index (χ1) is 7.63. The van der Waals surface area contributed by atoms with Gasteiger partial charge in [0.25, 0.3) is 5.56 Å². The van der Waals surface area contributed by atoms with Crippen LogP contribution < -0.4 is 5.56 Å². The van der Waals surface area contributed by atoms with Crippen LogP contribution in [-0.2, 0) is 0 Å². The van der Waals surface area contributed by atoms with Crippen LogP contribution in [0.2, 0.25) is 0 Å². The maximum absolute atomic E-state index is 11.4. The highest BCUT2D eigenvalue weighted by atomic mass is 16.4. The fourth-order valence-electron chi connectivity index (χ4n) is 1.51. The number of carbonyl (C=O) groups is 1. The van der Waals surface area contributed by atoms with Gasteiger partial charge >= 0.3 is 5.97 Å². The summed E-state index contributed by atoms with van der Waals surface area (Å²) in [6.45, 7) is 0. The molecule has 2 rings (SSSR count). The largest absolute Gasteiger partial charge is 0.477 e. The number of H-pyrrole nitrogens is 1. The number of pyridine rings is 1. The van der Waals surface area contributed by atoms with Gasteiger partial charge in [-0.1, -0.05) is 12.0 Å². The van der Waals surface area contributed by atoms with Crippen molar-refractivity contribution in [2.45, 2.75) is 0 Å². The third-order valence-electron chi connectivity index (χ3n) is 2.27. The summed E-state index contributed by atoms with van der Waals surface area (Å²) in [5, 5.41) is 9.37. The number of terminal acetylenes is 1. The van der Waals surface area contributed by atoms with Crippen molar-refractivity contribution in [1.29, 1.82) is 0 Å². The second-order valence-corrected chi connectivity index (χ2v) is 3.23. The van der Waals surface area contributed by atoms with Gasteiger partial charge < -0.3 is 10.1 Å². The minimum absolute atomic E-state index is 0.310. The quantitative estimate of drug-likeness (QED) is 0.699. The molecule has 0 atom stereocenters. The Morgan fingerprint density at radius 2 is 2.19 bits per heavy atom. The predicted octanol–water partition coefficient (Wildman–Crippen LogP) is 1.21. The lowest BCUT2D eigenvalue weighted by Crippen LogP contribution is -2.17. The molecule has 16 heavy (non-hydrogen) atoms. The van der Waals surface area contributed by atoms with Crippen LogP contribution in [0.15, 0.2) is 29.1 Å². The monoisotopic (exact) mass is 213 g/mol. The average Bonchev–Trinajstić information content (AvgIpc) is 2.26. The fraction of sp³-hybridized carbons (Fsp3) is 0. The van der Waals surface area contributed by atoms with Gasteiger partial charge in [0.2, 0.25) is 0 Å². The van der Waals surface area contributed by atoms with Crippen LogP contribution in [0.3, 0.4) is 0 Å². The zero-order valence-electron chi connectivity index (χ0n) is 8.15. The molecule has 0 unspecified atom stereocenters. The summed E-state index contributed by atoms with van der Waals surface area (Å²) in [7, 11) is 0. The predicted molar refractivity (Wildman–Crippen MR) is 59.5 cm³/mol. The zero-order valence-corrected chi connectivity index (χ0v) is 8.15. The van der Waals surface area contributed by atoms with Crippen molar-refractivity contribution < 1.29 is 9.90 Å². The molecule has 1 aromatic heterocycles. The van der Waals surface area contributed by atoms with Crippen molar-refractivity contribution >= 4 is 16.9 Å². The van der Waals surface area contributed by atoms with Crippen LogP contribution in [-0.4, -0.2) is 16.1 Å². The standard InChI is InChI=1S/C12H7NO3/c1-2-7-4-3-5-10-8(7)6-9(12(15)16)11(14)13-10/h1,3-6H,(H,13,14)(H,15,16). The number of benzene rings is 1. The van der Waals surface area contributed by atoms with Crippen LogP contribution >= 0.6 is 0 Å². The van der Waals surface area contributed by atoms with Gasteiger partial charge in [-0.25, -0.2) is 4.79 Å². The van der Waals surface area contributed by atoms with Crippen molar-refractivity contribution in [2.75, 3.05) is 0 Å². The molecule has 2 N–H and O–H groups in total. The molecule has 0 saturated carbocycles. The Hall–Kier alpha value is -2.54. The topological polar surface area (TPSA) is 70.2 Å². The molecule has 0 aliphatic carbocycles. The van der Waals surface area contributed by atoms with E-state index in [-0.39, 0.29) is 5.56 Å². The number of hydrogen-bond acceptors (Lipinski definition) is 2. The molecule has 4 nitrogen and oxygen atoms in total. The lowest BCUT2D eigenvalue weighted by atomic mass is 10.1. The average molecular weight is 213 g/mol. The van der Waals surface area contributed by atoms with Crippen molar-refractivity contribution in [3.63, 3.8) is 0 Å². The molecule has 0 bridgehead atoms. The van der Waals surface area contributed by atoms with E-state index in [0.717, 1.165) is 0 Å². The van der Waals surface area contributed by atoms with Crippen molar-refractivity contribution in [3.8, 4) is 12.3 Å². The Bertz CT molecular complexity index is 677. The molecule has 0 radical (unpaired) electrons. The molecule has 4 heteroatoms. The first-order valence-electron chi connectivity index (χ1n) is 4.49. The summed E-state index contributed by atoms with van der Waals surface area (Å²) in [5.41, 5.74) is 0.145. The molecule has 0 aliphatic rings. The van der Waals surface area contributed by atoms with E-state index in [1.807, 2.05) is 0 Å². The molecule has 0 fully saturated rings. The zero-order chi connectivity index (χ0) is 11.7. The molecule has 78 valence electrons. The van der Waals surface area contributed by atoms with E-state index in [1.165, 1.54) is 6.07 Å². The van der Waals surface area contributed by atoms with E-state index in [0.29, 0.717) is 16.5 Å². The number of hydrogen-bond donors (Lipinski definition) is 2. The van der Waals surface area contributed by atoms with Crippen LogP contribution in [0, 0.1) is 12.3 Å². The van der Waals surface area contributed by atoms with Crippen molar-refractivity contribution in [2.24, 2.45) is 0 Å². The molecular formula is C12H7NO3. The van der Waals surface area contributed by atoms with E-state index >= 15 is 0 Å². The van der Waals surface area contributed by atoms with Gasteiger partial charge in [0.05, 0.1) is 0 Å². The highest BCUT2D eigenvalue weighted by Crippen LogP contribution is 2.15.